The highest BCUT2D eigenvalue weighted by molar-refractivity contribution is 4.73. The lowest BCUT2D eigenvalue weighted by molar-refractivity contribution is 0.142. The Kier molecular flexibility index (Phi) is 6.20. The minimum atomic E-state index is 0.679. The van der Waals surface area contributed by atoms with Crippen molar-refractivity contribution >= 4 is 0 Å². The van der Waals surface area contributed by atoms with Crippen LogP contribution in [0, 0.1) is 0 Å². The van der Waals surface area contributed by atoms with E-state index in [1.54, 1.807) is 0 Å². The molecule has 0 radical (unpaired) electrons. The fraction of sp³-hybridized carbons (Fsp3) is 1.00. The topological polar surface area (TPSA) is 21.3 Å². The molecule has 1 saturated heterocycles. The smallest absolute Gasteiger partial charge is 0.0480 e. The van der Waals surface area contributed by atoms with Gasteiger partial charge in [0.05, 0.1) is 0 Å². The molecule has 1 fully saturated rings. The van der Waals surface area contributed by atoms with Crippen LogP contribution < -0.4 is 5.32 Å². The van der Waals surface area contributed by atoms with Crippen molar-refractivity contribution in [3.8, 4) is 0 Å². The molecule has 1 heterocycles. The Balaban J connectivity index is 2.13. The highest BCUT2D eigenvalue weighted by Gasteiger charge is 2.13. The van der Waals surface area contributed by atoms with E-state index in [1.807, 2.05) is 0 Å². The van der Waals surface area contributed by atoms with Crippen LogP contribution >= 0.6 is 0 Å². The molecule has 1 aliphatic heterocycles. The second-order valence-electron chi connectivity index (χ2n) is 4.45. The van der Waals surface area contributed by atoms with Crippen LogP contribution in [-0.2, 0) is 4.74 Å². The molecule has 0 aromatic heterocycles. The van der Waals surface area contributed by atoms with Gasteiger partial charge in [0.25, 0.3) is 0 Å². The van der Waals surface area contributed by atoms with Crippen LogP contribution in [0.15, 0.2) is 0 Å². The Labute approximate surface area is 88.4 Å². The highest BCUT2D eigenvalue weighted by atomic mass is 16.5. The summed E-state index contributed by atoms with van der Waals surface area (Å²) in [5, 5.41) is 3.71. The molecule has 0 amide bonds. The first kappa shape index (κ1) is 12.0. The summed E-state index contributed by atoms with van der Waals surface area (Å²) in [4.78, 5) is 0. The summed E-state index contributed by atoms with van der Waals surface area (Å²) in [5.41, 5.74) is 0. The molecular weight excluding hydrogens is 174 g/mol. The van der Waals surface area contributed by atoms with Gasteiger partial charge in [-0.15, -0.1) is 0 Å². The Bertz CT molecular complexity index is 130. The summed E-state index contributed by atoms with van der Waals surface area (Å²) in [6.07, 6.45) is 7.66. The van der Waals surface area contributed by atoms with Gasteiger partial charge in [0.15, 0.2) is 0 Å². The maximum atomic E-state index is 5.45. The molecule has 2 atom stereocenters. The van der Waals surface area contributed by atoms with Gasteiger partial charge in [-0.05, 0) is 32.6 Å². The molecule has 14 heavy (non-hydrogen) atoms. The fourth-order valence-corrected chi connectivity index (χ4v) is 2.07. The van der Waals surface area contributed by atoms with Crippen molar-refractivity contribution < 1.29 is 4.74 Å². The molecule has 2 heteroatoms. The highest BCUT2D eigenvalue weighted by Crippen LogP contribution is 2.10. The zero-order chi connectivity index (χ0) is 10.2. The third-order valence-corrected chi connectivity index (χ3v) is 2.96. The van der Waals surface area contributed by atoms with Gasteiger partial charge in [-0.2, -0.15) is 0 Å². The molecule has 2 unspecified atom stereocenters. The van der Waals surface area contributed by atoms with Gasteiger partial charge >= 0.3 is 0 Å². The van der Waals surface area contributed by atoms with E-state index in [0.29, 0.717) is 12.1 Å². The summed E-state index contributed by atoms with van der Waals surface area (Å²) in [6, 6.07) is 1.38. The van der Waals surface area contributed by atoms with Crippen molar-refractivity contribution in [3.05, 3.63) is 0 Å². The predicted octanol–water partition coefficient (Wildman–Crippen LogP) is 2.72. The second-order valence-corrected chi connectivity index (χ2v) is 4.45. The Morgan fingerprint density at radius 3 is 3.00 bits per heavy atom. The SMILES string of the molecule is CCCCC(C)NC1CCCOCC1. The molecule has 84 valence electrons. The molecule has 0 saturated carbocycles. The number of rotatable bonds is 5. The number of ether oxygens (including phenoxy) is 1. The number of hydrogen-bond donors (Lipinski definition) is 1. The Morgan fingerprint density at radius 1 is 1.36 bits per heavy atom. The molecule has 0 bridgehead atoms. The molecule has 1 rings (SSSR count). The van der Waals surface area contributed by atoms with Crippen molar-refractivity contribution in [1.29, 1.82) is 0 Å². The van der Waals surface area contributed by atoms with Gasteiger partial charge in [-0.1, -0.05) is 19.8 Å². The van der Waals surface area contributed by atoms with Crippen LogP contribution in [0.4, 0.5) is 0 Å². The van der Waals surface area contributed by atoms with Gasteiger partial charge in [-0.3, -0.25) is 0 Å². The van der Waals surface area contributed by atoms with Gasteiger partial charge in [0, 0.05) is 25.3 Å². The van der Waals surface area contributed by atoms with E-state index in [4.69, 9.17) is 4.74 Å². The quantitative estimate of drug-likeness (QED) is 0.735. The first-order chi connectivity index (χ1) is 6.83. The molecule has 0 aromatic rings. The molecule has 0 spiro atoms. The Hall–Kier alpha value is -0.0800. The summed E-state index contributed by atoms with van der Waals surface area (Å²) in [7, 11) is 0. The van der Waals surface area contributed by atoms with Crippen molar-refractivity contribution in [2.24, 2.45) is 0 Å². The number of unbranched alkanes of at least 4 members (excludes halogenated alkanes) is 1. The number of nitrogens with one attached hydrogen (secondary N) is 1. The van der Waals surface area contributed by atoms with Gasteiger partial charge in [0.1, 0.15) is 0 Å². The summed E-state index contributed by atoms with van der Waals surface area (Å²) >= 11 is 0. The van der Waals surface area contributed by atoms with E-state index in [1.165, 1.54) is 38.5 Å². The van der Waals surface area contributed by atoms with Crippen molar-refractivity contribution in [3.63, 3.8) is 0 Å². The van der Waals surface area contributed by atoms with E-state index < -0.39 is 0 Å². The van der Waals surface area contributed by atoms with E-state index in [9.17, 15) is 0 Å². The van der Waals surface area contributed by atoms with Crippen LogP contribution in [-0.4, -0.2) is 25.3 Å². The van der Waals surface area contributed by atoms with Gasteiger partial charge < -0.3 is 10.1 Å². The van der Waals surface area contributed by atoms with Gasteiger partial charge in [0.2, 0.25) is 0 Å². The number of hydrogen-bond acceptors (Lipinski definition) is 2. The molecule has 1 aliphatic rings. The van der Waals surface area contributed by atoms with Crippen LogP contribution in [0.3, 0.4) is 0 Å². The molecule has 0 aliphatic carbocycles. The van der Waals surface area contributed by atoms with Crippen molar-refractivity contribution in [1.82, 2.24) is 5.32 Å². The maximum absolute atomic E-state index is 5.45. The van der Waals surface area contributed by atoms with Crippen LogP contribution in [0.1, 0.15) is 52.4 Å². The monoisotopic (exact) mass is 199 g/mol. The summed E-state index contributed by atoms with van der Waals surface area (Å²) in [5.74, 6) is 0. The minimum absolute atomic E-state index is 0.679. The average molecular weight is 199 g/mol. The van der Waals surface area contributed by atoms with Gasteiger partial charge in [-0.25, -0.2) is 0 Å². The molecule has 0 aromatic carbocycles. The van der Waals surface area contributed by atoms with Crippen molar-refractivity contribution in [2.45, 2.75) is 64.5 Å². The largest absolute Gasteiger partial charge is 0.381 e. The van der Waals surface area contributed by atoms with Crippen LogP contribution in [0.2, 0.25) is 0 Å². The zero-order valence-electron chi connectivity index (χ0n) is 9.72. The summed E-state index contributed by atoms with van der Waals surface area (Å²) in [6.45, 7) is 6.47. The van der Waals surface area contributed by atoms with E-state index in [-0.39, 0.29) is 0 Å². The zero-order valence-corrected chi connectivity index (χ0v) is 9.72. The van der Waals surface area contributed by atoms with Crippen LogP contribution in [0.5, 0.6) is 0 Å². The third-order valence-electron chi connectivity index (χ3n) is 2.96. The second kappa shape index (κ2) is 7.24. The maximum Gasteiger partial charge on any atom is 0.0480 e. The standard InChI is InChI=1S/C12H25NO/c1-3-4-6-11(2)13-12-7-5-9-14-10-8-12/h11-13H,3-10H2,1-2H3. The van der Waals surface area contributed by atoms with Crippen LogP contribution in [0.25, 0.3) is 0 Å². The lowest BCUT2D eigenvalue weighted by atomic mass is 10.1. The summed E-state index contributed by atoms with van der Waals surface area (Å²) < 4.78 is 5.45. The first-order valence-electron chi connectivity index (χ1n) is 6.16. The third kappa shape index (κ3) is 4.97. The molecular formula is C12H25NO. The van der Waals surface area contributed by atoms with Crippen molar-refractivity contribution in [2.75, 3.05) is 13.2 Å². The first-order valence-corrected chi connectivity index (χ1v) is 6.16. The van der Waals surface area contributed by atoms with E-state index in [0.717, 1.165) is 13.2 Å². The molecule has 1 N–H and O–H groups in total. The van der Waals surface area contributed by atoms with E-state index >= 15 is 0 Å². The minimum Gasteiger partial charge on any atom is -0.381 e. The Morgan fingerprint density at radius 2 is 2.21 bits per heavy atom. The average Bonchev–Trinajstić information content (AvgIpc) is 2.43. The fourth-order valence-electron chi connectivity index (χ4n) is 2.07. The predicted molar refractivity (Wildman–Crippen MR) is 60.6 cm³/mol. The molecule has 2 nitrogen and oxygen atoms in total. The van der Waals surface area contributed by atoms with E-state index in [2.05, 4.69) is 19.2 Å². The normalized spacial score (nSPS) is 25.7. The lowest BCUT2D eigenvalue weighted by Crippen LogP contribution is -2.36. The lowest BCUT2D eigenvalue weighted by Gasteiger charge is -2.21.